The first kappa shape index (κ1) is 23.5. The lowest BCUT2D eigenvalue weighted by molar-refractivity contribution is -0.137. The first-order chi connectivity index (χ1) is 11.6. The van der Waals surface area contributed by atoms with Gasteiger partial charge in [0, 0.05) is 6.08 Å². The van der Waals surface area contributed by atoms with Crippen LogP contribution in [0.25, 0.3) is 0 Å². The first-order valence-electron chi connectivity index (χ1n) is 7.88. The Balaban J connectivity index is 6.05. The molecule has 0 N–H and O–H groups in total. The normalized spacial score (nSPS) is 13.0. The molecule has 0 saturated heterocycles. The molecule has 0 rings (SSSR count). The predicted octanol–water partition coefficient (Wildman–Crippen LogP) is 1.66. The van der Waals surface area contributed by atoms with Crippen LogP contribution in [0.4, 0.5) is 0 Å². The molecule has 0 saturated carbocycles. The molecule has 0 aromatic rings. The monoisotopic (exact) mass is 375 g/mol. The molecule has 0 fully saturated rings. The van der Waals surface area contributed by atoms with Crippen LogP contribution in [-0.4, -0.2) is 87.2 Å². The maximum absolute atomic E-state index is 12.1. The van der Waals surface area contributed by atoms with E-state index in [1.807, 2.05) is 56.3 Å². The first-order valence-corrected chi connectivity index (χ1v) is 9.48. The highest BCUT2D eigenvalue weighted by molar-refractivity contribution is 7.58. The van der Waals surface area contributed by atoms with Gasteiger partial charge in [0.15, 0.2) is 13.2 Å². The molecule has 25 heavy (non-hydrogen) atoms. The predicted molar refractivity (Wildman–Crippen MR) is 100 cm³/mol. The number of rotatable bonds is 9. The van der Waals surface area contributed by atoms with E-state index in [1.165, 1.54) is 6.08 Å². The van der Waals surface area contributed by atoms with Gasteiger partial charge < -0.3 is 9.47 Å². The average molecular weight is 375 g/mol. The lowest BCUT2D eigenvalue weighted by atomic mass is 10.3. The third-order valence-electron chi connectivity index (χ3n) is 3.03. The third kappa shape index (κ3) is 6.70. The van der Waals surface area contributed by atoms with E-state index < -0.39 is 19.4 Å². The highest BCUT2D eigenvalue weighted by atomic mass is 31.2. The Kier molecular flexibility index (Phi) is 10.5. The van der Waals surface area contributed by atoms with E-state index in [9.17, 15) is 9.59 Å². The number of nitrogens with zero attached hydrogens (tertiary/aromatic N) is 5. The molecule has 0 unspecified atom stereocenters. The van der Waals surface area contributed by atoms with Crippen molar-refractivity contribution in [2.75, 3.05) is 55.5 Å². The molecule has 0 aliphatic heterocycles. The third-order valence-corrected chi connectivity index (χ3v) is 6.58. The average Bonchev–Trinajstić information content (AvgIpc) is 2.50. The maximum Gasteiger partial charge on any atom is 0.358 e. The van der Waals surface area contributed by atoms with Crippen LogP contribution < -0.4 is 0 Å². The minimum absolute atomic E-state index is 0.0650. The maximum atomic E-state index is 12.1. The van der Waals surface area contributed by atoms with Crippen LogP contribution in [0.15, 0.2) is 22.1 Å². The smallest absolute Gasteiger partial charge is 0.358 e. The number of carbonyl (C=O) groups excluding carboxylic acids is 2. The van der Waals surface area contributed by atoms with Crippen molar-refractivity contribution in [1.29, 1.82) is 0 Å². The van der Waals surface area contributed by atoms with Crippen molar-refractivity contribution < 1.29 is 19.1 Å². The van der Waals surface area contributed by atoms with Gasteiger partial charge in [0.2, 0.25) is 0 Å². The fraction of sp³-hybridized carbons (Fsp3) is 0.667. The molecule has 0 atom stereocenters. The van der Waals surface area contributed by atoms with Gasteiger partial charge in [-0.3, -0.25) is 14.0 Å². The molecule has 144 valence electrons. The molecule has 0 bridgehead atoms. The zero-order valence-corrected chi connectivity index (χ0v) is 17.3. The number of esters is 2. The van der Waals surface area contributed by atoms with Gasteiger partial charge in [-0.1, -0.05) is 0 Å². The standard InChI is InChI=1S/C15H30N5O4P/c1-9-23-14(21)12-11-13(15(22)24-10-2)16-17-25(18(3)4,19(5)6)20(7)8/h11-12H,9-10H2,1-8H3/b12-11-,16-13-. The van der Waals surface area contributed by atoms with Crippen molar-refractivity contribution in [3.05, 3.63) is 12.2 Å². The van der Waals surface area contributed by atoms with Crippen molar-refractivity contribution in [2.24, 2.45) is 9.96 Å². The van der Waals surface area contributed by atoms with Crippen molar-refractivity contribution in [3.63, 3.8) is 0 Å². The second-order valence-corrected chi connectivity index (χ2v) is 9.11. The summed E-state index contributed by atoms with van der Waals surface area (Å²) in [6, 6.07) is 0. The molecule has 0 aliphatic carbocycles. The number of hydrogen-bond acceptors (Lipinski definition) is 5. The van der Waals surface area contributed by atoms with Crippen LogP contribution in [0.3, 0.4) is 0 Å². The summed E-state index contributed by atoms with van der Waals surface area (Å²) in [4.78, 5) is 28.0. The molecule has 0 aromatic carbocycles. The van der Waals surface area contributed by atoms with Gasteiger partial charge in [-0.2, -0.15) is 0 Å². The molecular weight excluding hydrogens is 345 g/mol. The Bertz CT molecular complexity index is 542. The molecule has 0 aromatic heterocycles. The zero-order valence-electron chi connectivity index (χ0n) is 16.4. The van der Waals surface area contributed by atoms with Crippen molar-refractivity contribution in [3.8, 4) is 0 Å². The van der Waals surface area contributed by atoms with Gasteiger partial charge in [0.05, 0.1) is 13.2 Å². The lowest BCUT2D eigenvalue weighted by Crippen LogP contribution is -2.30. The van der Waals surface area contributed by atoms with Crippen LogP contribution in [0.2, 0.25) is 0 Å². The van der Waals surface area contributed by atoms with E-state index in [1.54, 1.807) is 13.8 Å². The van der Waals surface area contributed by atoms with E-state index in [0.717, 1.165) is 6.08 Å². The van der Waals surface area contributed by atoms with Gasteiger partial charge in [0.1, 0.15) is 0 Å². The summed E-state index contributed by atoms with van der Waals surface area (Å²) in [6.07, 6.45) is 2.39. The minimum atomic E-state index is -2.30. The summed E-state index contributed by atoms with van der Waals surface area (Å²) in [7, 11) is 9.06. The van der Waals surface area contributed by atoms with Crippen LogP contribution >= 0.6 is 7.51 Å². The molecule has 0 radical (unpaired) electrons. The van der Waals surface area contributed by atoms with E-state index in [4.69, 9.17) is 9.47 Å². The summed E-state index contributed by atoms with van der Waals surface area (Å²) in [5.74, 6) is -1.21. The van der Waals surface area contributed by atoms with E-state index in [2.05, 4.69) is 9.96 Å². The van der Waals surface area contributed by atoms with E-state index in [-0.39, 0.29) is 18.9 Å². The molecular formula is C15H30N5O4P. The minimum Gasteiger partial charge on any atom is -0.463 e. The molecule has 0 heterocycles. The molecule has 0 amide bonds. The van der Waals surface area contributed by atoms with E-state index >= 15 is 0 Å². The number of hydrogen-bond donors (Lipinski definition) is 0. The fourth-order valence-electron chi connectivity index (χ4n) is 2.11. The van der Waals surface area contributed by atoms with Crippen molar-refractivity contribution >= 4 is 25.2 Å². The Morgan fingerprint density at radius 3 is 1.76 bits per heavy atom. The largest absolute Gasteiger partial charge is 0.463 e. The Morgan fingerprint density at radius 1 is 0.880 bits per heavy atom. The quantitative estimate of drug-likeness (QED) is 0.199. The lowest BCUT2D eigenvalue weighted by Gasteiger charge is -2.39. The van der Waals surface area contributed by atoms with Gasteiger partial charge in [0.25, 0.3) is 0 Å². The summed E-state index contributed by atoms with van der Waals surface area (Å²) in [5, 5.41) is 4.11. The van der Waals surface area contributed by atoms with E-state index in [0.29, 0.717) is 0 Å². The Labute approximate surface area is 150 Å². The second kappa shape index (κ2) is 11.1. The van der Waals surface area contributed by atoms with Crippen molar-refractivity contribution in [2.45, 2.75) is 13.8 Å². The zero-order chi connectivity index (χ0) is 19.6. The summed E-state index contributed by atoms with van der Waals surface area (Å²) in [5.41, 5.74) is -0.0650. The highest BCUT2D eigenvalue weighted by Gasteiger charge is 2.29. The van der Waals surface area contributed by atoms with Gasteiger partial charge in [-0.05, 0) is 62.2 Å². The molecule has 0 spiro atoms. The summed E-state index contributed by atoms with van der Waals surface area (Å²) in [6.45, 7) is 3.83. The molecule has 9 nitrogen and oxygen atoms in total. The van der Waals surface area contributed by atoms with Crippen LogP contribution in [0.1, 0.15) is 13.8 Å². The van der Waals surface area contributed by atoms with Crippen LogP contribution in [0, 0.1) is 0 Å². The summed E-state index contributed by atoms with van der Waals surface area (Å²) < 4.78 is 15.7. The second-order valence-electron chi connectivity index (χ2n) is 5.46. The highest BCUT2D eigenvalue weighted by Crippen LogP contribution is 2.54. The van der Waals surface area contributed by atoms with Gasteiger partial charge >= 0.3 is 11.9 Å². The number of carbonyl (C=O) groups is 2. The van der Waals surface area contributed by atoms with Gasteiger partial charge in [-0.15, -0.1) is 9.96 Å². The SMILES string of the molecule is CCOC(=O)/C=C\C(=N\N=P(N(C)C)(N(C)C)N(C)C)C(=O)OCC. The van der Waals surface area contributed by atoms with Gasteiger partial charge in [-0.25, -0.2) is 9.59 Å². The van der Waals surface area contributed by atoms with Crippen LogP contribution in [-0.2, 0) is 19.1 Å². The Hall–Kier alpha value is -1.54. The number of ether oxygens (including phenoxy) is 2. The molecule has 10 heteroatoms. The van der Waals surface area contributed by atoms with Crippen LogP contribution in [0.5, 0.6) is 0 Å². The van der Waals surface area contributed by atoms with Crippen molar-refractivity contribution in [1.82, 2.24) is 14.0 Å². The Morgan fingerprint density at radius 2 is 1.36 bits per heavy atom. The topological polar surface area (TPSA) is 87.0 Å². The summed E-state index contributed by atoms with van der Waals surface area (Å²) >= 11 is 0. The fourth-order valence-corrected chi connectivity index (χ4v) is 4.95. The molecule has 0 aliphatic rings.